The third-order valence-electron chi connectivity index (χ3n) is 3.19. The first-order chi connectivity index (χ1) is 7.61. The molecule has 1 atom stereocenters. The molecule has 86 valence electrons. The fourth-order valence-electron chi connectivity index (χ4n) is 2.51. The summed E-state index contributed by atoms with van der Waals surface area (Å²) in [6.45, 7) is 4.97. The minimum atomic E-state index is -0.340. The van der Waals surface area contributed by atoms with E-state index in [1.54, 1.807) is 4.90 Å². The fraction of sp³-hybridized carbons (Fsp3) is 0.462. The predicted octanol–water partition coefficient (Wildman–Crippen LogP) is 3.60. The largest absolute Gasteiger partial charge is 0.322 e. The van der Waals surface area contributed by atoms with E-state index >= 15 is 0 Å². The molecule has 0 bridgehead atoms. The highest BCUT2D eigenvalue weighted by molar-refractivity contribution is 6.62. The van der Waals surface area contributed by atoms with Crippen LogP contribution in [-0.4, -0.2) is 16.8 Å². The van der Waals surface area contributed by atoms with E-state index < -0.39 is 0 Å². The average Bonchev–Trinajstić information content (AvgIpc) is 2.27. The fourth-order valence-corrected chi connectivity index (χ4v) is 2.70. The van der Waals surface area contributed by atoms with Gasteiger partial charge < -0.3 is 4.90 Å². The molecule has 1 heterocycles. The van der Waals surface area contributed by atoms with Crippen molar-refractivity contribution in [3.63, 3.8) is 0 Å². The molecule has 0 N–H and O–H groups in total. The van der Waals surface area contributed by atoms with Crippen molar-refractivity contribution in [3.05, 3.63) is 35.4 Å². The van der Waals surface area contributed by atoms with Crippen molar-refractivity contribution in [2.24, 2.45) is 5.92 Å². The summed E-state index contributed by atoms with van der Waals surface area (Å²) in [5.74, 6) is 0.379. The Bertz CT molecular complexity index is 403. The second-order valence-electron chi connectivity index (χ2n) is 4.58. The number of amides is 1. The molecule has 0 aromatic heterocycles. The van der Waals surface area contributed by atoms with Crippen LogP contribution in [0.15, 0.2) is 24.3 Å². The molecule has 1 aromatic rings. The van der Waals surface area contributed by atoms with E-state index in [0.29, 0.717) is 5.92 Å². The number of rotatable bonds is 1. The van der Waals surface area contributed by atoms with Gasteiger partial charge in [0.05, 0.1) is 6.04 Å². The van der Waals surface area contributed by atoms with Gasteiger partial charge in [-0.3, -0.25) is 4.79 Å². The van der Waals surface area contributed by atoms with Crippen LogP contribution >= 0.6 is 11.6 Å². The Morgan fingerprint density at radius 1 is 1.44 bits per heavy atom. The zero-order valence-corrected chi connectivity index (χ0v) is 10.4. The average molecular weight is 238 g/mol. The zero-order chi connectivity index (χ0) is 11.7. The summed E-state index contributed by atoms with van der Waals surface area (Å²) < 4.78 is 0. The Morgan fingerprint density at radius 3 is 2.75 bits per heavy atom. The van der Waals surface area contributed by atoms with Crippen LogP contribution in [0.1, 0.15) is 31.0 Å². The Labute approximate surface area is 101 Å². The van der Waals surface area contributed by atoms with Gasteiger partial charge in [0.2, 0.25) is 0 Å². The second kappa shape index (κ2) is 4.46. The summed E-state index contributed by atoms with van der Waals surface area (Å²) in [5, 5.41) is -0.340. The number of fused-ring (bicyclic) bond motifs is 1. The topological polar surface area (TPSA) is 20.3 Å². The number of halogens is 1. The van der Waals surface area contributed by atoms with E-state index in [2.05, 4.69) is 26.0 Å². The molecule has 3 heteroatoms. The van der Waals surface area contributed by atoms with E-state index in [-0.39, 0.29) is 11.4 Å². The SMILES string of the molecule is CC(C)C1c2ccccc2CCN1C(=O)Cl. The van der Waals surface area contributed by atoms with Gasteiger partial charge in [0, 0.05) is 6.54 Å². The molecule has 1 amide bonds. The minimum absolute atomic E-state index is 0.120. The number of hydrogen-bond donors (Lipinski definition) is 0. The highest BCUT2D eigenvalue weighted by Gasteiger charge is 2.31. The van der Waals surface area contributed by atoms with Gasteiger partial charge in [-0.05, 0) is 35.1 Å². The Morgan fingerprint density at radius 2 is 2.12 bits per heavy atom. The van der Waals surface area contributed by atoms with E-state index in [1.165, 1.54) is 11.1 Å². The zero-order valence-electron chi connectivity index (χ0n) is 9.61. The van der Waals surface area contributed by atoms with Gasteiger partial charge >= 0.3 is 5.37 Å². The first-order valence-corrected chi connectivity index (χ1v) is 6.03. The van der Waals surface area contributed by atoms with Crippen molar-refractivity contribution in [3.8, 4) is 0 Å². The molecule has 0 radical (unpaired) electrons. The third kappa shape index (κ3) is 1.94. The van der Waals surface area contributed by atoms with Gasteiger partial charge in [0.15, 0.2) is 0 Å². The van der Waals surface area contributed by atoms with Crippen LogP contribution in [0, 0.1) is 5.92 Å². The smallest absolute Gasteiger partial charge is 0.316 e. The minimum Gasteiger partial charge on any atom is -0.322 e. The monoisotopic (exact) mass is 237 g/mol. The molecule has 0 fully saturated rings. The lowest BCUT2D eigenvalue weighted by molar-refractivity contribution is 0.169. The molecule has 1 unspecified atom stereocenters. The van der Waals surface area contributed by atoms with Crippen molar-refractivity contribution in [2.75, 3.05) is 6.54 Å². The standard InChI is InChI=1S/C13H16ClNO/c1-9(2)12-11-6-4-3-5-10(11)7-8-15(12)13(14)16/h3-6,9,12H,7-8H2,1-2H3. The molecule has 0 aliphatic carbocycles. The molecule has 0 saturated carbocycles. The van der Waals surface area contributed by atoms with Gasteiger partial charge in [-0.25, -0.2) is 0 Å². The first-order valence-electron chi connectivity index (χ1n) is 5.65. The summed E-state index contributed by atoms with van der Waals surface area (Å²) in [5.41, 5.74) is 2.59. The quantitative estimate of drug-likeness (QED) is 0.540. The van der Waals surface area contributed by atoms with Gasteiger partial charge in [-0.1, -0.05) is 38.1 Å². The van der Waals surface area contributed by atoms with Crippen LogP contribution < -0.4 is 0 Å². The lowest BCUT2D eigenvalue weighted by Crippen LogP contribution is -2.39. The van der Waals surface area contributed by atoms with Crippen LogP contribution in [0.4, 0.5) is 4.79 Å². The van der Waals surface area contributed by atoms with Gasteiger partial charge in [-0.15, -0.1) is 0 Å². The van der Waals surface area contributed by atoms with Crippen molar-refractivity contribution in [1.82, 2.24) is 4.90 Å². The van der Waals surface area contributed by atoms with Crippen LogP contribution in [0.2, 0.25) is 0 Å². The van der Waals surface area contributed by atoms with Crippen LogP contribution in [0.5, 0.6) is 0 Å². The number of carbonyl (C=O) groups excluding carboxylic acids is 1. The molecule has 2 rings (SSSR count). The highest BCUT2D eigenvalue weighted by atomic mass is 35.5. The second-order valence-corrected chi connectivity index (χ2v) is 4.91. The number of nitrogens with zero attached hydrogens (tertiary/aromatic N) is 1. The van der Waals surface area contributed by atoms with E-state index in [9.17, 15) is 4.79 Å². The molecule has 1 aliphatic rings. The molecular formula is C13H16ClNO. The van der Waals surface area contributed by atoms with Crippen molar-refractivity contribution >= 4 is 17.0 Å². The first kappa shape index (κ1) is 11.5. The summed E-state index contributed by atoms with van der Waals surface area (Å²) in [6, 6.07) is 8.44. The van der Waals surface area contributed by atoms with Crippen molar-refractivity contribution in [2.45, 2.75) is 26.3 Å². The summed E-state index contributed by atoms with van der Waals surface area (Å²) in [7, 11) is 0. The molecule has 1 aromatic carbocycles. The molecule has 1 aliphatic heterocycles. The van der Waals surface area contributed by atoms with Crippen LogP contribution in [0.3, 0.4) is 0 Å². The number of hydrogen-bond acceptors (Lipinski definition) is 1. The van der Waals surface area contributed by atoms with Crippen LogP contribution in [-0.2, 0) is 6.42 Å². The lowest BCUT2D eigenvalue weighted by Gasteiger charge is -2.38. The predicted molar refractivity (Wildman–Crippen MR) is 65.7 cm³/mol. The van der Waals surface area contributed by atoms with E-state index in [1.807, 2.05) is 12.1 Å². The maximum absolute atomic E-state index is 11.4. The molecule has 16 heavy (non-hydrogen) atoms. The summed E-state index contributed by atoms with van der Waals surface area (Å²) in [6.07, 6.45) is 0.901. The van der Waals surface area contributed by atoms with Crippen molar-refractivity contribution < 1.29 is 4.79 Å². The molecule has 2 nitrogen and oxygen atoms in total. The molecule has 0 spiro atoms. The lowest BCUT2D eigenvalue weighted by atomic mass is 9.87. The van der Waals surface area contributed by atoms with Crippen LogP contribution in [0.25, 0.3) is 0 Å². The summed E-state index contributed by atoms with van der Waals surface area (Å²) >= 11 is 5.65. The van der Waals surface area contributed by atoms with Gasteiger partial charge in [0.25, 0.3) is 0 Å². The number of carbonyl (C=O) groups is 1. The maximum Gasteiger partial charge on any atom is 0.316 e. The van der Waals surface area contributed by atoms with Gasteiger partial charge in [-0.2, -0.15) is 0 Å². The molecular weight excluding hydrogens is 222 g/mol. The maximum atomic E-state index is 11.4. The number of benzene rings is 1. The normalized spacial score (nSPS) is 19.8. The summed E-state index contributed by atoms with van der Waals surface area (Å²) in [4.78, 5) is 13.2. The van der Waals surface area contributed by atoms with E-state index in [0.717, 1.165) is 13.0 Å². The third-order valence-corrected chi connectivity index (χ3v) is 3.41. The molecule has 0 saturated heterocycles. The Balaban J connectivity index is 2.43. The van der Waals surface area contributed by atoms with E-state index in [4.69, 9.17) is 11.6 Å². The Hall–Kier alpha value is -1.02. The van der Waals surface area contributed by atoms with Gasteiger partial charge in [0.1, 0.15) is 0 Å². The Kier molecular flexibility index (Phi) is 3.20. The highest BCUT2D eigenvalue weighted by Crippen LogP contribution is 2.35. The van der Waals surface area contributed by atoms with Crippen molar-refractivity contribution in [1.29, 1.82) is 0 Å².